The van der Waals surface area contributed by atoms with Gasteiger partial charge in [-0.3, -0.25) is 4.79 Å². The van der Waals surface area contributed by atoms with Crippen molar-refractivity contribution in [1.82, 2.24) is 15.5 Å². The molecule has 0 aliphatic heterocycles. The Hall–Kier alpha value is -1.95. The van der Waals surface area contributed by atoms with E-state index in [2.05, 4.69) is 15.5 Å². The van der Waals surface area contributed by atoms with Crippen molar-refractivity contribution in [2.75, 3.05) is 0 Å². The second kappa shape index (κ2) is 6.22. The van der Waals surface area contributed by atoms with Crippen LogP contribution in [0.2, 0.25) is 0 Å². The van der Waals surface area contributed by atoms with Gasteiger partial charge in [-0.15, -0.1) is 0 Å². The molecule has 0 aromatic carbocycles. The highest BCUT2D eigenvalue weighted by molar-refractivity contribution is 6.02. The quantitative estimate of drug-likeness (QED) is 0.883. The zero-order chi connectivity index (χ0) is 14.7. The largest absolute Gasteiger partial charge is 0.391 e. The Balaban J connectivity index is 1.75. The van der Waals surface area contributed by atoms with Crippen molar-refractivity contribution >= 4 is 16.9 Å². The molecule has 1 saturated carbocycles. The van der Waals surface area contributed by atoms with Gasteiger partial charge in [0.25, 0.3) is 5.91 Å². The number of carbonyl (C=O) groups is 1. The van der Waals surface area contributed by atoms with Crippen molar-refractivity contribution in [2.45, 2.75) is 50.7 Å². The third-order valence-corrected chi connectivity index (χ3v) is 4.01. The van der Waals surface area contributed by atoms with Crippen LogP contribution in [-0.2, 0) is 0 Å². The molecule has 2 atom stereocenters. The van der Waals surface area contributed by atoms with Gasteiger partial charge in [0, 0.05) is 6.20 Å². The number of nitrogens with one attached hydrogen (secondary N) is 1. The summed E-state index contributed by atoms with van der Waals surface area (Å²) in [5.41, 5.74) is 0.417. The maximum absolute atomic E-state index is 12.3. The van der Waals surface area contributed by atoms with Gasteiger partial charge in [-0.2, -0.15) is 0 Å². The maximum atomic E-state index is 12.3. The minimum absolute atomic E-state index is 0.160. The average Bonchev–Trinajstić information content (AvgIpc) is 2.91. The molecule has 1 amide bonds. The van der Waals surface area contributed by atoms with E-state index < -0.39 is 6.10 Å². The molecule has 6 heteroatoms. The Morgan fingerprint density at radius 2 is 2.10 bits per heavy atom. The molecule has 21 heavy (non-hydrogen) atoms. The van der Waals surface area contributed by atoms with E-state index in [1.165, 1.54) is 0 Å². The fraction of sp³-hybridized carbons (Fsp3) is 0.533. The van der Waals surface area contributed by atoms with Gasteiger partial charge in [0.1, 0.15) is 0 Å². The lowest BCUT2D eigenvalue weighted by Gasteiger charge is -2.25. The van der Waals surface area contributed by atoms with Crippen LogP contribution >= 0.6 is 0 Å². The monoisotopic (exact) mass is 289 g/mol. The maximum Gasteiger partial charge on any atom is 0.290 e. The topological polar surface area (TPSA) is 88.2 Å². The molecular weight excluding hydrogens is 270 g/mol. The Labute approximate surface area is 122 Å². The summed E-state index contributed by atoms with van der Waals surface area (Å²) in [5.74, 6) is -0.178. The van der Waals surface area contributed by atoms with E-state index in [0.717, 1.165) is 38.5 Å². The minimum Gasteiger partial charge on any atom is -0.391 e. The number of nitrogens with zero attached hydrogens (tertiary/aromatic N) is 2. The predicted molar refractivity (Wildman–Crippen MR) is 76.8 cm³/mol. The summed E-state index contributed by atoms with van der Waals surface area (Å²) in [6.07, 6.45) is 6.93. The number of aromatic nitrogens is 2. The molecule has 2 heterocycles. The zero-order valence-corrected chi connectivity index (χ0v) is 11.8. The first kappa shape index (κ1) is 14.0. The number of carbonyl (C=O) groups excluding carboxylic acids is 1. The molecule has 0 saturated heterocycles. The first-order valence-corrected chi connectivity index (χ1v) is 7.45. The summed E-state index contributed by atoms with van der Waals surface area (Å²) < 4.78 is 5.10. The molecular formula is C15H19N3O3. The van der Waals surface area contributed by atoms with Crippen molar-refractivity contribution in [2.24, 2.45) is 0 Å². The average molecular weight is 289 g/mol. The second-order valence-electron chi connectivity index (χ2n) is 5.53. The highest BCUT2D eigenvalue weighted by Gasteiger charge is 2.25. The van der Waals surface area contributed by atoms with E-state index >= 15 is 0 Å². The molecule has 112 valence electrons. The van der Waals surface area contributed by atoms with Gasteiger partial charge in [0.2, 0.25) is 11.4 Å². The van der Waals surface area contributed by atoms with Crippen LogP contribution in [0.25, 0.3) is 11.0 Å². The molecule has 2 aromatic rings. The predicted octanol–water partition coefficient (Wildman–Crippen LogP) is 2.04. The van der Waals surface area contributed by atoms with Gasteiger partial charge >= 0.3 is 0 Å². The number of amides is 1. The first-order valence-electron chi connectivity index (χ1n) is 7.45. The van der Waals surface area contributed by atoms with Crippen LogP contribution in [0.15, 0.2) is 22.9 Å². The molecule has 3 rings (SSSR count). The van der Waals surface area contributed by atoms with Crippen molar-refractivity contribution in [3.63, 3.8) is 0 Å². The standard InChI is InChI=1S/C15H19N3O3/c19-12-8-4-2-1-3-7-11(12)17-15(20)13-10-6-5-9-16-14(10)18-21-13/h5-6,9,11-12,19H,1-4,7-8H2,(H,17,20)/t11-,12-/m0/s1. The molecule has 6 nitrogen and oxygen atoms in total. The summed E-state index contributed by atoms with van der Waals surface area (Å²) in [4.78, 5) is 16.4. The summed E-state index contributed by atoms with van der Waals surface area (Å²) in [6.45, 7) is 0. The second-order valence-corrected chi connectivity index (χ2v) is 5.53. The van der Waals surface area contributed by atoms with Crippen molar-refractivity contribution < 1.29 is 14.4 Å². The molecule has 1 aliphatic rings. The molecule has 0 bridgehead atoms. The zero-order valence-electron chi connectivity index (χ0n) is 11.8. The SMILES string of the molecule is O=C(N[C@H]1CCCCCC[C@@H]1O)c1onc2ncccc12. The number of hydrogen-bond acceptors (Lipinski definition) is 5. The van der Waals surface area contributed by atoms with Gasteiger partial charge in [-0.25, -0.2) is 4.98 Å². The molecule has 0 spiro atoms. The van der Waals surface area contributed by atoms with E-state index in [1.807, 2.05) is 0 Å². The van der Waals surface area contributed by atoms with Crippen LogP contribution < -0.4 is 5.32 Å². The van der Waals surface area contributed by atoms with Gasteiger partial charge in [-0.1, -0.05) is 30.8 Å². The lowest BCUT2D eigenvalue weighted by Crippen LogP contribution is -2.43. The molecule has 0 radical (unpaired) electrons. The highest BCUT2D eigenvalue weighted by atomic mass is 16.5. The third-order valence-electron chi connectivity index (χ3n) is 4.01. The normalized spacial score (nSPS) is 23.5. The van der Waals surface area contributed by atoms with Crippen LogP contribution in [0.3, 0.4) is 0 Å². The van der Waals surface area contributed by atoms with E-state index in [4.69, 9.17) is 4.52 Å². The highest BCUT2D eigenvalue weighted by Crippen LogP contribution is 2.20. The Bertz CT molecular complexity index is 625. The number of hydrogen-bond donors (Lipinski definition) is 2. The van der Waals surface area contributed by atoms with E-state index in [1.54, 1.807) is 18.3 Å². The Morgan fingerprint density at radius 1 is 1.29 bits per heavy atom. The molecule has 2 aromatic heterocycles. The molecule has 1 fully saturated rings. The lowest BCUT2D eigenvalue weighted by molar-refractivity contribution is 0.0744. The van der Waals surface area contributed by atoms with Crippen molar-refractivity contribution in [3.05, 3.63) is 24.1 Å². The van der Waals surface area contributed by atoms with Gasteiger partial charge < -0.3 is 14.9 Å². The summed E-state index contributed by atoms with van der Waals surface area (Å²) in [6, 6.07) is 3.26. The fourth-order valence-electron chi connectivity index (χ4n) is 2.82. The third kappa shape index (κ3) is 3.05. The van der Waals surface area contributed by atoms with E-state index in [9.17, 15) is 9.90 Å². The summed E-state index contributed by atoms with van der Waals surface area (Å²) in [5, 5.41) is 17.4. The number of aliphatic hydroxyl groups is 1. The van der Waals surface area contributed by atoms with Gasteiger partial charge in [0.15, 0.2) is 0 Å². The number of rotatable bonds is 2. The van der Waals surface area contributed by atoms with E-state index in [-0.39, 0.29) is 17.7 Å². The minimum atomic E-state index is -0.499. The summed E-state index contributed by atoms with van der Waals surface area (Å²) in [7, 11) is 0. The van der Waals surface area contributed by atoms with Gasteiger partial charge in [0.05, 0.1) is 17.5 Å². The lowest BCUT2D eigenvalue weighted by atomic mass is 9.94. The fourth-order valence-corrected chi connectivity index (χ4v) is 2.82. The van der Waals surface area contributed by atoms with Crippen molar-refractivity contribution in [3.8, 4) is 0 Å². The van der Waals surface area contributed by atoms with E-state index in [0.29, 0.717) is 11.0 Å². The van der Waals surface area contributed by atoms with Crippen LogP contribution in [-0.4, -0.2) is 33.3 Å². The van der Waals surface area contributed by atoms with Crippen LogP contribution in [0.5, 0.6) is 0 Å². The molecule has 1 aliphatic carbocycles. The van der Waals surface area contributed by atoms with Gasteiger partial charge in [-0.05, 0) is 25.0 Å². The number of pyridine rings is 1. The molecule has 0 unspecified atom stereocenters. The summed E-state index contributed by atoms with van der Waals surface area (Å²) >= 11 is 0. The van der Waals surface area contributed by atoms with Crippen LogP contribution in [0, 0.1) is 0 Å². The first-order chi connectivity index (χ1) is 10.3. The smallest absolute Gasteiger partial charge is 0.290 e. The number of fused-ring (bicyclic) bond motifs is 1. The number of aliphatic hydroxyl groups excluding tert-OH is 1. The Kier molecular flexibility index (Phi) is 4.15. The Morgan fingerprint density at radius 3 is 2.95 bits per heavy atom. The van der Waals surface area contributed by atoms with Crippen LogP contribution in [0.4, 0.5) is 0 Å². The molecule has 2 N–H and O–H groups in total. The van der Waals surface area contributed by atoms with Crippen molar-refractivity contribution in [1.29, 1.82) is 0 Å². The van der Waals surface area contributed by atoms with Crippen LogP contribution in [0.1, 0.15) is 49.1 Å².